The molecule has 0 aliphatic carbocycles. The molecule has 0 amide bonds. The highest BCUT2D eigenvalue weighted by Gasteiger charge is 2.02. The van der Waals surface area contributed by atoms with Gasteiger partial charge in [0.1, 0.15) is 11.6 Å². The number of nitrogens with two attached hydrogens (primary N) is 2. The van der Waals surface area contributed by atoms with Gasteiger partial charge in [-0.15, -0.1) is 0 Å². The predicted octanol–water partition coefficient (Wildman–Crippen LogP) is 3.43. The summed E-state index contributed by atoms with van der Waals surface area (Å²) < 4.78 is 27.0. The zero-order chi connectivity index (χ0) is 15.9. The van der Waals surface area contributed by atoms with E-state index in [1.54, 1.807) is 24.3 Å². The summed E-state index contributed by atoms with van der Waals surface area (Å²) >= 11 is 0. The van der Waals surface area contributed by atoms with Crippen LogP contribution in [0, 0.1) is 11.6 Å². The lowest BCUT2D eigenvalue weighted by Crippen LogP contribution is -2.08. The summed E-state index contributed by atoms with van der Waals surface area (Å²) in [5.41, 5.74) is 12.6. The summed E-state index contributed by atoms with van der Waals surface area (Å²) in [4.78, 5) is 0. The fourth-order valence-corrected chi connectivity index (χ4v) is 2.05. The van der Waals surface area contributed by atoms with Crippen LogP contribution in [0.3, 0.4) is 0 Å². The molecule has 0 heterocycles. The third-order valence-corrected chi connectivity index (χ3v) is 3.22. The first kappa shape index (κ1) is 15.9. The van der Waals surface area contributed by atoms with Crippen molar-refractivity contribution in [2.45, 2.75) is 12.8 Å². The van der Waals surface area contributed by atoms with Crippen LogP contribution in [-0.2, 0) is 0 Å². The van der Waals surface area contributed by atoms with Gasteiger partial charge < -0.3 is 22.1 Å². The van der Waals surface area contributed by atoms with Crippen molar-refractivity contribution in [3.63, 3.8) is 0 Å². The van der Waals surface area contributed by atoms with E-state index in [1.165, 1.54) is 12.1 Å². The Balaban J connectivity index is 1.67. The number of nitrogen functional groups attached to an aromatic ring is 2. The second-order valence-electron chi connectivity index (χ2n) is 5.04. The first-order valence-electron chi connectivity index (χ1n) is 7.14. The van der Waals surface area contributed by atoms with E-state index >= 15 is 0 Å². The Labute approximate surface area is 128 Å². The van der Waals surface area contributed by atoms with Crippen LogP contribution in [0.15, 0.2) is 36.4 Å². The maximum atomic E-state index is 13.5. The number of anilines is 4. The molecule has 0 aromatic heterocycles. The number of rotatable bonds is 7. The smallest absolute Gasteiger partial charge is 0.148 e. The van der Waals surface area contributed by atoms with Gasteiger partial charge in [0.15, 0.2) is 0 Å². The zero-order valence-electron chi connectivity index (χ0n) is 12.2. The van der Waals surface area contributed by atoms with Crippen molar-refractivity contribution in [2.24, 2.45) is 0 Å². The standard InChI is InChI=1S/C16H20F2N4/c17-13-9-11(19)3-5-15(13)21-7-1-2-8-22-16-6-4-12(20)10-14(16)18/h3-6,9-10,21-22H,1-2,7-8,19-20H2. The number of nitrogens with one attached hydrogen (secondary N) is 2. The fourth-order valence-electron chi connectivity index (χ4n) is 2.05. The predicted molar refractivity (Wildman–Crippen MR) is 87.8 cm³/mol. The first-order chi connectivity index (χ1) is 10.6. The van der Waals surface area contributed by atoms with E-state index in [2.05, 4.69) is 10.6 Å². The van der Waals surface area contributed by atoms with Crippen molar-refractivity contribution in [1.82, 2.24) is 0 Å². The van der Waals surface area contributed by atoms with E-state index in [9.17, 15) is 8.78 Å². The number of halogens is 2. The van der Waals surface area contributed by atoms with E-state index in [-0.39, 0.29) is 11.6 Å². The van der Waals surface area contributed by atoms with Gasteiger partial charge in [-0.05, 0) is 49.2 Å². The Bertz CT molecular complexity index is 576. The van der Waals surface area contributed by atoms with Crippen molar-refractivity contribution in [1.29, 1.82) is 0 Å². The molecule has 22 heavy (non-hydrogen) atoms. The largest absolute Gasteiger partial charge is 0.399 e. The molecule has 0 spiro atoms. The van der Waals surface area contributed by atoms with E-state index in [0.717, 1.165) is 12.8 Å². The van der Waals surface area contributed by atoms with Gasteiger partial charge >= 0.3 is 0 Å². The monoisotopic (exact) mass is 306 g/mol. The summed E-state index contributed by atoms with van der Waals surface area (Å²) in [5.74, 6) is -0.718. The van der Waals surface area contributed by atoms with Crippen LogP contribution in [0.5, 0.6) is 0 Å². The molecule has 2 rings (SSSR count). The molecule has 0 atom stereocenters. The van der Waals surface area contributed by atoms with Crippen molar-refractivity contribution >= 4 is 22.7 Å². The van der Waals surface area contributed by atoms with E-state index in [1.807, 2.05) is 0 Å². The highest BCUT2D eigenvalue weighted by Crippen LogP contribution is 2.18. The van der Waals surface area contributed by atoms with Gasteiger partial charge in [-0.2, -0.15) is 0 Å². The van der Waals surface area contributed by atoms with Crippen LogP contribution in [0.1, 0.15) is 12.8 Å². The van der Waals surface area contributed by atoms with Gasteiger partial charge in [0.05, 0.1) is 11.4 Å². The van der Waals surface area contributed by atoms with Crippen LogP contribution in [0.2, 0.25) is 0 Å². The summed E-state index contributed by atoms with van der Waals surface area (Å²) in [6, 6.07) is 9.11. The molecule has 4 nitrogen and oxygen atoms in total. The van der Waals surface area contributed by atoms with E-state index in [4.69, 9.17) is 11.5 Å². The summed E-state index contributed by atoms with van der Waals surface area (Å²) in [5, 5.41) is 6.02. The van der Waals surface area contributed by atoms with Crippen LogP contribution in [0.25, 0.3) is 0 Å². The SMILES string of the molecule is Nc1ccc(NCCCCNc2ccc(N)cc2F)c(F)c1. The second kappa shape index (κ2) is 7.49. The maximum absolute atomic E-state index is 13.5. The zero-order valence-corrected chi connectivity index (χ0v) is 12.2. The summed E-state index contributed by atoms with van der Waals surface area (Å²) in [7, 11) is 0. The van der Waals surface area contributed by atoms with Gasteiger partial charge in [-0.3, -0.25) is 0 Å². The van der Waals surface area contributed by atoms with Gasteiger partial charge in [0.2, 0.25) is 0 Å². The second-order valence-corrected chi connectivity index (χ2v) is 5.04. The Morgan fingerprint density at radius 2 is 1.14 bits per heavy atom. The first-order valence-corrected chi connectivity index (χ1v) is 7.14. The van der Waals surface area contributed by atoms with Crippen LogP contribution >= 0.6 is 0 Å². The van der Waals surface area contributed by atoms with Crippen molar-refractivity contribution < 1.29 is 8.78 Å². The lowest BCUT2D eigenvalue weighted by molar-refractivity contribution is 0.627. The Kier molecular flexibility index (Phi) is 5.41. The molecule has 0 radical (unpaired) electrons. The molecule has 6 heteroatoms. The highest BCUT2D eigenvalue weighted by molar-refractivity contribution is 5.53. The molecule has 0 aliphatic rings. The van der Waals surface area contributed by atoms with Gasteiger partial charge in [0.25, 0.3) is 0 Å². The fraction of sp³-hybridized carbons (Fsp3) is 0.250. The molecule has 2 aromatic rings. The molecule has 0 bridgehead atoms. The third kappa shape index (κ3) is 4.51. The van der Waals surface area contributed by atoms with E-state index < -0.39 is 0 Å². The normalized spacial score (nSPS) is 10.5. The lowest BCUT2D eigenvalue weighted by Gasteiger charge is -2.10. The van der Waals surface area contributed by atoms with Gasteiger partial charge in [-0.1, -0.05) is 0 Å². The van der Waals surface area contributed by atoms with Crippen LogP contribution in [0.4, 0.5) is 31.5 Å². The average molecular weight is 306 g/mol. The molecule has 0 saturated heterocycles. The number of hydrogen-bond donors (Lipinski definition) is 4. The Morgan fingerprint density at radius 3 is 1.50 bits per heavy atom. The molecule has 0 aliphatic heterocycles. The average Bonchev–Trinajstić information content (AvgIpc) is 2.46. The minimum atomic E-state index is -0.359. The lowest BCUT2D eigenvalue weighted by atomic mass is 10.2. The Morgan fingerprint density at radius 1 is 0.727 bits per heavy atom. The molecule has 2 aromatic carbocycles. The summed E-state index contributed by atoms with van der Waals surface area (Å²) in [6.45, 7) is 1.26. The van der Waals surface area contributed by atoms with Crippen molar-refractivity contribution in [3.8, 4) is 0 Å². The van der Waals surface area contributed by atoms with Crippen LogP contribution < -0.4 is 22.1 Å². The molecule has 0 unspecified atom stereocenters. The molecular weight excluding hydrogens is 286 g/mol. The Hall–Kier alpha value is -2.50. The number of unbranched alkanes of at least 4 members (excludes halogenated alkanes) is 1. The summed E-state index contributed by atoms with van der Waals surface area (Å²) in [6.07, 6.45) is 1.65. The minimum absolute atomic E-state index is 0.359. The molecule has 0 saturated carbocycles. The maximum Gasteiger partial charge on any atom is 0.148 e. The molecule has 118 valence electrons. The minimum Gasteiger partial charge on any atom is -0.399 e. The quantitative estimate of drug-likeness (QED) is 0.467. The van der Waals surface area contributed by atoms with Crippen molar-refractivity contribution in [3.05, 3.63) is 48.0 Å². The van der Waals surface area contributed by atoms with E-state index in [0.29, 0.717) is 35.8 Å². The molecule has 0 fully saturated rings. The number of hydrogen-bond acceptors (Lipinski definition) is 4. The van der Waals surface area contributed by atoms with Crippen LogP contribution in [-0.4, -0.2) is 13.1 Å². The topological polar surface area (TPSA) is 76.1 Å². The molecule has 6 N–H and O–H groups in total. The van der Waals surface area contributed by atoms with Crippen molar-refractivity contribution in [2.75, 3.05) is 35.2 Å². The third-order valence-electron chi connectivity index (χ3n) is 3.22. The number of benzene rings is 2. The highest BCUT2D eigenvalue weighted by atomic mass is 19.1. The van der Waals surface area contributed by atoms with Gasteiger partial charge in [-0.25, -0.2) is 8.78 Å². The molecular formula is C16H20F2N4. The van der Waals surface area contributed by atoms with Gasteiger partial charge in [0, 0.05) is 24.5 Å².